The predicted molar refractivity (Wildman–Crippen MR) is 60.6 cm³/mol. The lowest BCUT2D eigenvalue weighted by molar-refractivity contribution is 0.0527. The zero-order chi connectivity index (χ0) is 12.3. The van der Waals surface area contributed by atoms with Crippen LogP contribution in [-0.4, -0.2) is 32.7 Å². The highest BCUT2D eigenvalue weighted by Crippen LogP contribution is 2.25. The number of carbonyl (C=O) groups is 1. The zero-order valence-corrected chi connectivity index (χ0v) is 9.73. The van der Waals surface area contributed by atoms with Crippen molar-refractivity contribution in [3.8, 4) is 11.4 Å². The van der Waals surface area contributed by atoms with Gasteiger partial charge in [-0.2, -0.15) is 5.10 Å². The lowest BCUT2D eigenvalue weighted by atomic mass is 10.2. The van der Waals surface area contributed by atoms with Crippen molar-refractivity contribution in [3.05, 3.63) is 29.3 Å². The molecule has 2 heterocycles. The van der Waals surface area contributed by atoms with Gasteiger partial charge in [0.15, 0.2) is 0 Å². The van der Waals surface area contributed by atoms with Crippen LogP contribution in [0.3, 0.4) is 0 Å². The summed E-state index contributed by atoms with van der Waals surface area (Å²) in [5.41, 5.74) is 1.05. The Morgan fingerprint density at radius 2 is 2.41 bits per heavy atom. The molecule has 0 bridgehead atoms. The molecule has 0 aromatic carbocycles. The number of hydrogen-bond acceptors (Lipinski definition) is 5. The zero-order valence-electron chi connectivity index (χ0n) is 8.98. The molecule has 0 amide bonds. The molecule has 88 valence electrons. The molecule has 17 heavy (non-hydrogen) atoms. The Kier molecular flexibility index (Phi) is 3.34. The molecule has 7 heteroatoms. The van der Waals surface area contributed by atoms with Gasteiger partial charge in [-0.3, -0.25) is 5.10 Å². The van der Waals surface area contributed by atoms with Gasteiger partial charge < -0.3 is 4.74 Å². The van der Waals surface area contributed by atoms with Crippen LogP contribution < -0.4 is 0 Å². The van der Waals surface area contributed by atoms with E-state index in [1.807, 2.05) is 0 Å². The molecule has 0 aliphatic rings. The van der Waals surface area contributed by atoms with Crippen molar-refractivity contribution in [2.24, 2.45) is 0 Å². The molecule has 0 atom stereocenters. The summed E-state index contributed by atoms with van der Waals surface area (Å²) in [5.74, 6) is -0.528. The molecule has 0 fully saturated rings. The van der Waals surface area contributed by atoms with Gasteiger partial charge in [0, 0.05) is 6.20 Å². The Balaban J connectivity index is 2.46. The van der Waals surface area contributed by atoms with E-state index in [0.29, 0.717) is 11.4 Å². The van der Waals surface area contributed by atoms with Gasteiger partial charge in [0.1, 0.15) is 22.7 Å². The average molecular weight is 253 g/mol. The molecular weight excluding hydrogens is 244 g/mol. The largest absolute Gasteiger partial charge is 0.462 e. The lowest BCUT2D eigenvalue weighted by Gasteiger charge is -2.02. The number of carbonyl (C=O) groups excluding carboxylic acids is 1. The minimum Gasteiger partial charge on any atom is -0.462 e. The van der Waals surface area contributed by atoms with Crippen molar-refractivity contribution in [1.29, 1.82) is 0 Å². The third-order valence-electron chi connectivity index (χ3n) is 2.03. The van der Waals surface area contributed by atoms with Crippen LogP contribution in [0.2, 0.25) is 5.15 Å². The Labute approximate surface area is 102 Å². The van der Waals surface area contributed by atoms with Gasteiger partial charge in [0.2, 0.25) is 0 Å². The minimum absolute atomic E-state index is 0.136. The van der Waals surface area contributed by atoms with Gasteiger partial charge in [-0.05, 0) is 13.0 Å². The van der Waals surface area contributed by atoms with Crippen LogP contribution in [0.4, 0.5) is 0 Å². The number of H-pyrrole nitrogens is 1. The number of rotatable bonds is 3. The third kappa shape index (κ3) is 2.26. The van der Waals surface area contributed by atoms with Crippen LogP contribution in [0.5, 0.6) is 0 Å². The van der Waals surface area contributed by atoms with Crippen molar-refractivity contribution in [2.75, 3.05) is 6.61 Å². The maximum Gasteiger partial charge on any atom is 0.343 e. The number of aromatic amines is 1. The molecule has 0 saturated heterocycles. The van der Waals surface area contributed by atoms with E-state index < -0.39 is 5.97 Å². The summed E-state index contributed by atoms with van der Waals surface area (Å²) in [5, 5.41) is 6.61. The monoisotopic (exact) mass is 252 g/mol. The maximum atomic E-state index is 11.7. The first-order valence-electron chi connectivity index (χ1n) is 4.91. The molecule has 2 aromatic rings. The third-order valence-corrected chi connectivity index (χ3v) is 2.30. The number of nitrogens with one attached hydrogen (secondary N) is 1. The second kappa shape index (κ2) is 4.92. The highest BCUT2D eigenvalue weighted by Gasteiger charge is 2.22. The number of halogens is 1. The van der Waals surface area contributed by atoms with Crippen LogP contribution in [0.15, 0.2) is 18.6 Å². The Morgan fingerprint density at radius 3 is 3.06 bits per heavy atom. The number of esters is 1. The van der Waals surface area contributed by atoms with Gasteiger partial charge in [-0.25, -0.2) is 14.8 Å². The van der Waals surface area contributed by atoms with Crippen LogP contribution in [0.1, 0.15) is 17.3 Å². The fourth-order valence-corrected chi connectivity index (χ4v) is 1.54. The first-order chi connectivity index (χ1) is 8.24. The van der Waals surface area contributed by atoms with E-state index in [9.17, 15) is 4.79 Å². The van der Waals surface area contributed by atoms with Crippen molar-refractivity contribution in [3.63, 3.8) is 0 Å². The van der Waals surface area contributed by atoms with Gasteiger partial charge in [-0.1, -0.05) is 11.6 Å². The predicted octanol–water partition coefficient (Wildman–Crippen LogP) is 1.70. The molecule has 0 saturated carbocycles. The Morgan fingerprint density at radius 1 is 1.59 bits per heavy atom. The van der Waals surface area contributed by atoms with Gasteiger partial charge in [0.25, 0.3) is 0 Å². The van der Waals surface area contributed by atoms with Crippen LogP contribution in [0, 0.1) is 0 Å². The summed E-state index contributed by atoms with van der Waals surface area (Å²) in [6.45, 7) is 1.99. The summed E-state index contributed by atoms with van der Waals surface area (Å²) < 4.78 is 4.90. The normalized spacial score (nSPS) is 10.2. The summed E-state index contributed by atoms with van der Waals surface area (Å²) in [7, 11) is 0. The summed E-state index contributed by atoms with van der Waals surface area (Å²) in [6, 6.07) is 1.63. The fraction of sp³-hybridized carbons (Fsp3) is 0.200. The van der Waals surface area contributed by atoms with Gasteiger partial charge in [0.05, 0.1) is 12.3 Å². The number of hydrogen-bond donors (Lipinski definition) is 1. The smallest absolute Gasteiger partial charge is 0.343 e. The summed E-state index contributed by atoms with van der Waals surface area (Å²) in [4.78, 5) is 19.5. The molecule has 0 aliphatic heterocycles. The quantitative estimate of drug-likeness (QED) is 0.841. The van der Waals surface area contributed by atoms with Crippen molar-refractivity contribution in [2.45, 2.75) is 6.92 Å². The van der Waals surface area contributed by atoms with E-state index >= 15 is 0 Å². The highest BCUT2D eigenvalue weighted by molar-refractivity contribution is 6.33. The standard InChI is InChI=1S/C10H9ClN4O2/c1-2-17-10(16)7-8(14-15-9(7)11)6-3-4-12-5-13-6/h3-5H,2H2,1H3,(H,14,15). The molecule has 1 N–H and O–H groups in total. The average Bonchev–Trinajstić information content (AvgIpc) is 2.73. The lowest BCUT2D eigenvalue weighted by Crippen LogP contribution is -2.06. The first kappa shape index (κ1) is 11.5. The number of ether oxygens (including phenoxy) is 1. The minimum atomic E-state index is -0.528. The van der Waals surface area contributed by atoms with Crippen LogP contribution in [-0.2, 0) is 4.74 Å². The molecular formula is C10H9ClN4O2. The van der Waals surface area contributed by atoms with E-state index in [0.717, 1.165) is 0 Å². The van der Waals surface area contributed by atoms with Gasteiger partial charge in [-0.15, -0.1) is 0 Å². The topological polar surface area (TPSA) is 80.8 Å². The molecule has 2 rings (SSSR count). The molecule has 2 aromatic heterocycles. The Hall–Kier alpha value is -1.95. The molecule has 0 aliphatic carbocycles. The molecule has 0 radical (unpaired) electrons. The van der Waals surface area contributed by atoms with Crippen molar-refractivity contribution < 1.29 is 9.53 Å². The van der Waals surface area contributed by atoms with E-state index in [1.54, 1.807) is 19.2 Å². The van der Waals surface area contributed by atoms with Gasteiger partial charge >= 0.3 is 5.97 Å². The summed E-state index contributed by atoms with van der Waals surface area (Å²) in [6.07, 6.45) is 2.92. The SMILES string of the molecule is CCOC(=O)c1c(-c2ccncn2)n[nH]c1Cl. The first-order valence-corrected chi connectivity index (χ1v) is 5.29. The highest BCUT2D eigenvalue weighted by atomic mass is 35.5. The second-order valence-electron chi connectivity index (χ2n) is 3.08. The molecule has 6 nitrogen and oxygen atoms in total. The molecule has 0 spiro atoms. The fourth-order valence-electron chi connectivity index (χ4n) is 1.33. The number of nitrogens with zero attached hydrogens (tertiary/aromatic N) is 3. The van der Waals surface area contributed by atoms with Crippen LogP contribution >= 0.6 is 11.6 Å². The number of aromatic nitrogens is 4. The maximum absolute atomic E-state index is 11.7. The van der Waals surface area contributed by atoms with Crippen LogP contribution in [0.25, 0.3) is 11.4 Å². The van der Waals surface area contributed by atoms with E-state index in [-0.39, 0.29) is 17.3 Å². The van der Waals surface area contributed by atoms with Crippen molar-refractivity contribution >= 4 is 17.6 Å². The Bertz CT molecular complexity index is 526. The summed E-state index contributed by atoms with van der Waals surface area (Å²) >= 11 is 5.86. The van der Waals surface area contributed by atoms with E-state index in [4.69, 9.17) is 16.3 Å². The molecule has 0 unspecified atom stereocenters. The van der Waals surface area contributed by atoms with E-state index in [2.05, 4.69) is 20.2 Å². The van der Waals surface area contributed by atoms with Crippen molar-refractivity contribution in [1.82, 2.24) is 20.2 Å². The van der Waals surface area contributed by atoms with E-state index in [1.165, 1.54) is 6.33 Å². The second-order valence-corrected chi connectivity index (χ2v) is 3.45.